The first kappa shape index (κ1) is 18.2. The number of halogens is 1. The van der Waals surface area contributed by atoms with Gasteiger partial charge < -0.3 is 0 Å². The van der Waals surface area contributed by atoms with Crippen molar-refractivity contribution in [2.24, 2.45) is 0 Å². The van der Waals surface area contributed by atoms with Crippen LogP contribution in [0.1, 0.15) is 16.7 Å². The minimum absolute atomic E-state index is 0.771. The molecule has 0 N–H and O–H groups in total. The highest BCUT2D eigenvalue weighted by Crippen LogP contribution is 2.35. The van der Waals surface area contributed by atoms with Gasteiger partial charge in [-0.05, 0) is 34.9 Å². The van der Waals surface area contributed by atoms with Gasteiger partial charge in [0.05, 0.1) is 0 Å². The molecular formula is C22H19ClS2. The summed E-state index contributed by atoms with van der Waals surface area (Å²) < 4.78 is 1.31. The number of benzene rings is 3. The zero-order valence-electron chi connectivity index (χ0n) is 13.8. The summed E-state index contributed by atoms with van der Waals surface area (Å²) in [4.78, 5) is 0. The topological polar surface area (TPSA) is 0 Å². The minimum Gasteiger partial charge on any atom is -0.114 e. The summed E-state index contributed by atoms with van der Waals surface area (Å²) in [5.41, 5.74) is 3.87. The molecule has 0 fully saturated rings. The fourth-order valence-electron chi connectivity index (χ4n) is 2.28. The summed E-state index contributed by atoms with van der Waals surface area (Å²) >= 11 is 9.77. The molecule has 0 aliphatic heterocycles. The molecule has 0 aliphatic rings. The van der Waals surface area contributed by atoms with Gasteiger partial charge in [0.15, 0.2) is 0 Å². The molecule has 0 amide bonds. The zero-order chi connectivity index (χ0) is 17.3. The van der Waals surface area contributed by atoms with Crippen molar-refractivity contribution in [1.82, 2.24) is 0 Å². The highest BCUT2D eigenvalue weighted by Gasteiger charge is 2.03. The van der Waals surface area contributed by atoms with Gasteiger partial charge in [-0.3, -0.25) is 0 Å². The first-order valence-electron chi connectivity index (χ1n) is 8.10. The largest absolute Gasteiger partial charge is 0.114 e. The predicted molar refractivity (Wildman–Crippen MR) is 115 cm³/mol. The van der Waals surface area contributed by atoms with E-state index in [2.05, 4.69) is 78.9 Å². The molecule has 0 aliphatic carbocycles. The van der Waals surface area contributed by atoms with Crippen molar-refractivity contribution in [3.8, 4) is 0 Å². The number of hydrogen-bond acceptors (Lipinski definition) is 2. The maximum Gasteiger partial charge on any atom is 0.0413 e. The van der Waals surface area contributed by atoms with Gasteiger partial charge in [0.1, 0.15) is 0 Å². The maximum absolute atomic E-state index is 6.00. The number of thioether (sulfide) groups is 2. The molecule has 0 aromatic heterocycles. The van der Waals surface area contributed by atoms with Gasteiger partial charge in [-0.25, -0.2) is 0 Å². The van der Waals surface area contributed by atoms with Gasteiger partial charge in [0.2, 0.25) is 0 Å². The lowest BCUT2D eigenvalue weighted by molar-refractivity contribution is 1.42. The summed E-state index contributed by atoms with van der Waals surface area (Å²) in [7, 11) is 0. The molecule has 0 heterocycles. The first-order chi connectivity index (χ1) is 12.3. The molecule has 0 unspecified atom stereocenters. The molecule has 0 saturated carbocycles. The van der Waals surface area contributed by atoms with Crippen LogP contribution in [0.4, 0.5) is 0 Å². The molecule has 0 radical (unpaired) electrons. The van der Waals surface area contributed by atoms with Gasteiger partial charge in [0, 0.05) is 20.8 Å². The molecular weight excluding hydrogens is 364 g/mol. The standard InChI is InChI=1S/C22H19ClS2/c23-21-13-11-18(12-14-21)15-22(24-16-19-7-3-1-4-8-19)25-17-20-9-5-2-6-10-20/h1-15H,16-17H2. The molecule has 126 valence electrons. The lowest BCUT2D eigenvalue weighted by atomic mass is 10.2. The van der Waals surface area contributed by atoms with Crippen LogP contribution in [-0.2, 0) is 11.5 Å². The van der Waals surface area contributed by atoms with Gasteiger partial charge in [-0.2, -0.15) is 0 Å². The molecule has 3 aromatic rings. The van der Waals surface area contributed by atoms with Crippen LogP contribution in [0.2, 0.25) is 5.02 Å². The highest BCUT2D eigenvalue weighted by molar-refractivity contribution is 8.21. The van der Waals surface area contributed by atoms with Crippen LogP contribution in [0, 0.1) is 0 Å². The smallest absolute Gasteiger partial charge is 0.0413 e. The van der Waals surface area contributed by atoms with Crippen molar-refractivity contribution in [1.29, 1.82) is 0 Å². The fraction of sp³-hybridized carbons (Fsp3) is 0.0909. The van der Waals surface area contributed by atoms with Gasteiger partial charge in [-0.1, -0.05) is 84.4 Å². The molecule has 3 rings (SSSR count). The van der Waals surface area contributed by atoms with Crippen molar-refractivity contribution in [2.45, 2.75) is 11.5 Å². The molecule has 3 heteroatoms. The van der Waals surface area contributed by atoms with Crippen LogP contribution in [0.15, 0.2) is 89.2 Å². The minimum atomic E-state index is 0.771. The second-order valence-corrected chi connectivity index (χ2v) is 8.29. The second kappa shape index (κ2) is 9.76. The van der Waals surface area contributed by atoms with E-state index >= 15 is 0 Å². The average Bonchev–Trinajstić information content (AvgIpc) is 2.67. The first-order valence-corrected chi connectivity index (χ1v) is 10.5. The van der Waals surface area contributed by atoms with Crippen molar-refractivity contribution < 1.29 is 0 Å². The maximum atomic E-state index is 6.00. The third-order valence-electron chi connectivity index (χ3n) is 3.60. The van der Waals surface area contributed by atoms with E-state index in [1.54, 1.807) is 0 Å². The van der Waals surface area contributed by atoms with Crippen LogP contribution in [0.3, 0.4) is 0 Å². The van der Waals surface area contributed by atoms with Gasteiger partial charge in [0.25, 0.3) is 0 Å². The monoisotopic (exact) mass is 382 g/mol. The SMILES string of the molecule is Clc1ccc(C=C(SCc2ccccc2)SCc2ccccc2)cc1. The van der Waals surface area contributed by atoms with Crippen LogP contribution < -0.4 is 0 Å². The molecule has 0 spiro atoms. The Labute approximate surface area is 163 Å². The summed E-state index contributed by atoms with van der Waals surface area (Å²) in [6.45, 7) is 0. The van der Waals surface area contributed by atoms with Crippen LogP contribution in [0.25, 0.3) is 6.08 Å². The number of hydrogen-bond donors (Lipinski definition) is 0. The Balaban J connectivity index is 1.71. The van der Waals surface area contributed by atoms with Crippen LogP contribution >= 0.6 is 35.1 Å². The average molecular weight is 383 g/mol. The molecule has 3 aromatic carbocycles. The predicted octanol–water partition coefficient (Wildman–Crippen LogP) is 7.51. The van der Waals surface area contributed by atoms with E-state index < -0.39 is 0 Å². The number of rotatable bonds is 7. The van der Waals surface area contributed by atoms with Gasteiger partial charge >= 0.3 is 0 Å². The van der Waals surface area contributed by atoms with Crippen LogP contribution in [0.5, 0.6) is 0 Å². The fourth-order valence-corrected chi connectivity index (χ4v) is 4.53. The Bertz CT molecular complexity index is 751. The molecule has 0 saturated heterocycles. The Kier molecular flexibility index (Phi) is 7.10. The van der Waals surface area contributed by atoms with E-state index in [9.17, 15) is 0 Å². The van der Waals surface area contributed by atoms with E-state index in [4.69, 9.17) is 11.6 Å². The summed E-state index contributed by atoms with van der Waals surface area (Å²) in [6, 6.07) is 29.2. The van der Waals surface area contributed by atoms with E-state index in [1.165, 1.54) is 20.9 Å². The summed E-state index contributed by atoms with van der Waals surface area (Å²) in [5.74, 6) is 1.95. The highest BCUT2D eigenvalue weighted by atomic mass is 35.5. The summed E-state index contributed by atoms with van der Waals surface area (Å²) in [5, 5.41) is 0.771. The van der Waals surface area contributed by atoms with E-state index in [-0.39, 0.29) is 0 Å². The lowest BCUT2D eigenvalue weighted by Gasteiger charge is -2.08. The molecule has 0 bridgehead atoms. The Hall–Kier alpha value is -1.61. The van der Waals surface area contributed by atoms with E-state index in [1.807, 2.05) is 35.7 Å². The Morgan fingerprint density at radius 3 is 1.64 bits per heavy atom. The van der Waals surface area contributed by atoms with Crippen molar-refractivity contribution in [3.05, 3.63) is 111 Å². The molecule has 0 nitrogen and oxygen atoms in total. The molecule has 0 atom stereocenters. The third kappa shape index (κ3) is 6.32. The quantitative estimate of drug-likeness (QED) is 0.414. The third-order valence-corrected chi connectivity index (χ3v) is 6.32. The zero-order valence-corrected chi connectivity index (χ0v) is 16.2. The van der Waals surface area contributed by atoms with Crippen molar-refractivity contribution in [3.63, 3.8) is 0 Å². The second-order valence-electron chi connectivity index (χ2n) is 5.56. The molecule has 25 heavy (non-hydrogen) atoms. The normalized spacial score (nSPS) is 10.4. The van der Waals surface area contributed by atoms with E-state index in [0.717, 1.165) is 16.5 Å². The Morgan fingerprint density at radius 2 is 1.16 bits per heavy atom. The van der Waals surface area contributed by atoms with Crippen molar-refractivity contribution >= 4 is 41.2 Å². The van der Waals surface area contributed by atoms with Crippen molar-refractivity contribution in [2.75, 3.05) is 0 Å². The van der Waals surface area contributed by atoms with Crippen LogP contribution in [-0.4, -0.2) is 0 Å². The van der Waals surface area contributed by atoms with Gasteiger partial charge in [-0.15, -0.1) is 23.5 Å². The van der Waals surface area contributed by atoms with E-state index in [0.29, 0.717) is 0 Å². The Morgan fingerprint density at radius 1 is 0.680 bits per heavy atom. The summed E-state index contributed by atoms with van der Waals surface area (Å²) in [6.07, 6.45) is 2.25. The lowest BCUT2D eigenvalue weighted by Crippen LogP contribution is -1.83.